The Morgan fingerprint density at radius 2 is 1.40 bits per heavy atom. The van der Waals surface area contributed by atoms with Gasteiger partial charge in [0.25, 0.3) is 0 Å². The lowest BCUT2D eigenvalue weighted by molar-refractivity contribution is -0.272. The van der Waals surface area contributed by atoms with Crippen LogP contribution in [-0.4, -0.2) is 60.7 Å². The van der Waals surface area contributed by atoms with E-state index in [-0.39, 0.29) is 36.9 Å². The van der Waals surface area contributed by atoms with Crippen LogP contribution in [-0.2, 0) is 38.1 Å². The molecule has 0 aromatic heterocycles. The van der Waals surface area contributed by atoms with Gasteiger partial charge < -0.3 is 23.7 Å². The number of rotatable bonds is 6. The Kier molecular flexibility index (Phi) is 8.84. The lowest BCUT2D eigenvalue weighted by Gasteiger charge is -2.69. The van der Waals surface area contributed by atoms with E-state index < -0.39 is 80.8 Å². The molecule has 302 valence electrons. The molecule has 3 saturated carbocycles. The predicted octanol–water partition coefficient (Wildman–Crippen LogP) is 8.00. The molecule has 12 atom stereocenters. The van der Waals surface area contributed by atoms with Crippen LogP contribution in [0.25, 0.3) is 0 Å². The summed E-state index contributed by atoms with van der Waals surface area (Å²) in [4.78, 5) is 70.0. The summed E-state index contributed by atoms with van der Waals surface area (Å²) in [5.41, 5.74) is -3.60. The first-order chi connectivity index (χ1) is 26.8. The minimum absolute atomic E-state index is 0.0609. The van der Waals surface area contributed by atoms with Crippen LogP contribution in [0.1, 0.15) is 108 Å². The fourth-order valence-corrected chi connectivity index (χ4v) is 13.8. The molecule has 2 spiro atoms. The molecule has 2 aromatic rings. The topological polar surface area (TPSA) is 132 Å². The summed E-state index contributed by atoms with van der Waals surface area (Å²) in [7, 11) is 1.52. The van der Waals surface area contributed by atoms with Crippen LogP contribution in [0.15, 0.2) is 83.6 Å². The number of ether oxygens (including phenoxy) is 5. The third-order valence-corrected chi connectivity index (χ3v) is 16.0. The standard InChI is InChI=1S/C47H54O10/c1-26-20-35(55-39(50)30-16-12-10-13-17-30)45(8)36(56-40(51)31-18-14-11-15-19-31)24-42(5)25-46(45,57-41(42)52)47(26)27(2)22-44(7)34-21-32(49)37(53-9)28(3)43(34,6)23-33(38(44)47)54-29(4)48/h10-20,27,33-36,38H,21-25H2,1-9H3. The number of carbonyl (C=O) groups excluding carboxylic acids is 5. The van der Waals surface area contributed by atoms with Crippen LogP contribution < -0.4 is 0 Å². The minimum atomic E-state index is -1.42. The number of methoxy groups -OCH3 is 1. The molecule has 0 N–H and O–H groups in total. The molecule has 8 rings (SSSR count). The highest BCUT2D eigenvalue weighted by Crippen LogP contribution is 2.82. The van der Waals surface area contributed by atoms with Crippen molar-refractivity contribution in [3.8, 4) is 0 Å². The van der Waals surface area contributed by atoms with Gasteiger partial charge in [0.2, 0.25) is 0 Å². The highest BCUT2D eigenvalue weighted by atomic mass is 16.6. The van der Waals surface area contributed by atoms with E-state index in [0.717, 1.165) is 11.1 Å². The van der Waals surface area contributed by atoms with Crippen molar-refractivity contribution in [2.24, 2.45) is 44.8 Å². The largest absolute Gasteiger partial charge is 0.493 e. The van der Waals surface area contributed by atoms with Gasteiger partial charge in [-0.25, -0.2) is 9.59 Å². The number of hydrogen-bond donors (Lipinski definition) is 0. The minimum Gasteiger partial charge on any atom is -0.493 e. The quantitative estimate of drug-likeness (QED) is 0.162. The van der Waals surface area contributed by atoms with Gasteiger partial charge >= 0.3 is 23.9 Å². The second-order valence-corrected chi connectivity index (χ2v) is 18.8. The Balaban J connectivity index is 1.38. The summed E-state index contributed by atoms with van der Waals surface area (Å²) >= 11 is 0. The summed E-state index contributed by atoms with van der Waals surface area (Å²) in [5.74, 6) is -2.48. The fraction of sp³-hybridized carbons (Fsp3) is 0.553. The van der Waals surface area contributed by atoms with E-state index >= 15 is 0 Å². The Labute approximate surface area is 334 Å². The molecule has 1 aliphatic heterocycles. The maximum Gasteiger partial charge on any atom is 0.338 e. The molecule has 0 amide bonds. The van der Waals surface area contributed by atoms with Crippen molar-refractivity contribution in [3.05, 3.63) is 94.8 Å². The molecule has 1 heterocycles. The van der Waals surface area contributed by atoms with Crippen molar-refractivity contribution in [2.75, 3.05) is 7.11 Å². The van der Waals surface area contributed by atoms with Crippen molar-refractivity contribution >= 4 is 29.7 Å². The lowest BCUT2D eigenvalue weighted by atomic mass is 9.37. The lowest BCUT2D eigenvalue weighted by Crippen LogP contribution is -2.75. The van der Waals surface area contributed by atoms with Crippen LogP contribution in [0.4, 0.5) is 0 Å². The first-order valence-electron chi connectivity index (χ1n) is 20.2. The average molecular weight is 779 g/mol. The molecule has 4 fully saturated rings. The first-order valence-corrected chi connectivity index (χ1v) is 20.2. The molecule has 10 nitrogen and oxygen atoms in total. The van der Waals surface area contributed by atoms with E-state index in [9.17, 15) is 24.0 Å². The van der Waals surface area contributed by atoms with Crippen LogP contribution in [0.3, 0.4) is 0 Å². The molecule has 10 heteroatoms. The third kappa shape index (κ3) is 5.03. The number of carbonyl (C=O) groups is 5. The van der Waals surface area contributed by atoms with Crippen LogP contribution in [0.5, 0.6) is 0 Å². The van der Waals surface area contributed by atoms with Gasteiger partial charge in [-0.2, -0.15) is 0 Å². The maximum atomic E-state index is 14.7. The van der Waals surface area contributed by atoms with E-state index in [1.165, 1.54) is 14.0 Å². The van der Waals surface area contributed by atoms with E-state index in [4.69, 9.17) is 23.7 Å². The van der Waals surface area contributed by atoms with Gasteiger partial charge in [0, 0.05) is 37.5 Å². The van der Waals surface area contributed by atoms with Crippen molar-refractivity contribution in [3.63, 3.8) is 0 Å². The maximum absolute atomic E-state index is 14.7. The molecule has 5 aliphatic carbocycles. The van der Waals surface area contributed by atoms with E-state index in [0.29, 0.717) is 29.7 Å². The molecule has 2 aromatic carbocycles. The average Bonchev–Trinajstić information content (AvgIpc) is 3.56. The normalized spacial score (nSPS) is 41.6. The second-order valence-electron chi connectivity index (χ2n) is 18.8. The number of allylic oxidation sites excluding steroid dienone is 2. The highest BCUT2D eigenvalue weighted by Gasteiger charge is 2.87. The number of hydrogen-bond acceptors (Lipinski definition) is 10. The van der Waals surface area contributed by atoms with Gasteiger partial charge in [-0.15, -0.1) is 0 Å². The number of Topliss-reactive ketones (excluding diaryl/α,β-unsaturated/α-hetero) is 1. The van der Waals surface area contributed by atoms with Gasteiger partial charge in [-0.1, -0.05) is 62.7 Å². The number of ketones is 1. The van der Waals surface area contributed by atoms with E-state index in [1.807, 2.05) is 45.9 Å². The first kappa shape index (κ1) is 39.1. The summed E-state index contributed by atoms with van der Waals surface area (Å²) < 4.78 is 32.4. The number of esters is 4. The number of fused-ring (bicyclic) bond motifs is 5. The van der Waals surface area contributed by atoms with Crippen molar-refractivity contribution in [1.29, 1.82) is 0 Å². The molecular formula is C47H54O10. The molecular weight excluding hydrogens is 725 g/mol. The van der Waals surface area contributed by atoms with E-state index in [1.54, 1.807) is 48.5 Å². The number of benzene rings is 2. The molecule has 1 saturated heterocycles. The Morgan fingerprint density at radius 3 is 1.98 bits per heavy atom. The monoisotopic (exact) mass is 778 g/mol. The Hall–Kier alpha value is -4.73. The summed E-state index contributed by atoms with van der Waals surface area (Å²) in [6.45, 7) is 15.8. The zero-order valence-corrected chi connectivity index (χ0v) is 34.4. The van der Waals surface area contributed by atoms with Crippen LogP contribution >= 0.6 is 0 Å². The van der Waals surface area contributed by atoms with Crippen molar-refractivity contribution < 1.29 is 47.7 Å². The summed E-state index contributed by atoms with van der Waals surface area (Å²) in [5, 5.41) is 0. The van der Waals surface area contributed by atoms with Crippen LogP contribution in [0.2, 0.25) is 0 Å². The van der Waals surface area contributed by atoms with Gasteiger partial charge in [0.1, 0.15) is 23.9 Å². The Bertz CT molecular complexity index is 2120. The van der Waals surface area contributed by atoms with Gasteiger partial charge in [0.15, 0.2) is 11.5 Å². The van der Waals surface area contributed by atoms with Gasteiger partial charge in [-0.3, -0.25) is 14.4 Å². The Morgan fingerprint density at radius 1 is 0.807 bits per heavy atom. The molecule has 12 unspecified atom stereocenters. The zero-order chi connectivity index (χ0) is 41.1. The van der Waals surface area contributed by atoms with Crippen molar-refractivity contribution in [2.45, 2.75) is 111 Å². The van der Waals surface area contributed by atoms with Crippen LogP contribution in [0, 0.1) is 44.8 Å². The van der Waals surface area contributed by atoms with E-state index in [2.05, 4.69) is 20.8 Å². The SMILES string of the molecule is COC1=C(C)C2(C)CC(OC(C)=O)C3C(C)(CC(C)C34C(C)=CC(OC(=O)c3ccccc3)C3(C)C(OC(=O)c5ccccc5)CC5(C)CC34OC5=O)C2CC1=O. The molecule has 2 bridgehead atoms. The molecule has 0 radical (unpaired) electrons. The smallest absolute Gasteiger partial charge is 0.338 e. The third-order valence-electron chi connectivity index (χ3n) is 16.0. The predicted molar refractivity (Wildman–Crippen MR) is 208 cm³/mol. The molecule has 57 heavy (non-hydrogen) atoms. The fourth-order valence-electron chi connectivity index (χ4n) is 13.8. The zero-order valence-electron chi connectivity index (χ0n) is 34.4. The van der Waals surface area contributed by atoms with Crippen molar-refractivity contribution in [1.82, 2.24) is 0 Å². The second kappa shape index (κ2) is 12.9. The summed E-state index contributed by atoms with van der Waals surface area (Å²) in [6.07, 6.45) is 1.07. The van der Waals surface area contributed by atoms with Gasteiger partial charge in [0.05, 0.1) is 29.1 Å². The highest BCUT2D eigenvalue weighted by molar-refractivity contribution is 5.96. The summed E-state index contributed by atoms with van der Waals surface area (Å²) in [6, 6.07) is 17.4. The van der Waals surface area contributed by atoms with Gasteiger partial charge in [-0.05, 0) is 99.1 Å². The molecule has 6 aliphatic rings.